The van der Waals surface area contributed by atoms with Crippen LogP contribution in [0.5, 0.6) is 11.5 Å². The summed E-state index contributed by atoms with van der Waals surface area (Å²) in [5.74, 6) is 1.95. The highest BCUT2D eigenvalue weighted by molar-refractivity contribution is 7.97. The van der Waals surface area contributed by atoms with Crippen LogP contribution in [0.15, 0.2) is 81.4 Å². The maximum atomic E-state index is 6.11. The number of hydrogen-bond acceptors (Lipinski definition) is 1. The molecule has 4 rings (SSSR count). The lowest BCUT2D eigenvalue weighted by Crippen LogP contribution is -2.13. The Morgan fingerprint density at radius 2 is 1.27 bits per heavy atom. The minimum absolute atomic E-state index is 0.105. The molecule has 3 aromatic rings. The van der Waals surface area contributed by atoms with E-state index in [0.29, 0.717) is 0 Å². The first-order valence-corrected chi connectivity index (χ1v) is 8.64. The first-order valence-electron chi connectivity index (χ1n) is 7.41. The first-order chi connectivity index (χ1) is 10.7. The van der Waals surface area contributed by atoms with Gasteiger partial charge in [-0.2, -0.15) is 0 Å². The smallest absolute Gasteiger partial charge is 0.209 e. The van der Waals surface area contributed by atoms with Crippen LogP contribution >= 0.6 is 0 Å². The SMILES string of the molecule is Cc1ccc(C)c([S+]2c3ccccc3Oc3ccccc32)c1. The van der Waals surface area contributed by atoms with Gasteiger partial charge in [0, 0.05) is 5.56 Å². The summed E-state index contributed by atoms with van der Waals surface area (Å²) in [5.41, 5.74) is 2.63. The van der Waals surface area contributed by atoms with Gasteiger partial charge in [0.1, 0.15) is 10.9 Å². The van der Waals surface area contributed by atoms with Gasteiger partial charge in [0.05, 0.1) is 0 Å². The van der Waals surface area contributed by atoms with Crippen LogP contribution in [-0.2, 0) is 10.9 Å². The maximum Gasteiger partial charge on any atom is 0.209 e. The van der Waals surface area contributed by atoms with Crippen molar-refractivity contribution in [1.29, 1.82) is 0 Å². The predicted octanol–water partition coefficient (Wildman–Crippen LogP) is 5.50. The van der Waals surface area contributed by atoms with E-state index in [4.69, 9.17) is 4.74 Å². The molecule has 0 spiro atoms. The van der Waals surface area contributed by atoms with Crippen LogP contribution in [0.1, 0.15) is 11.1 Å². The molecule has 0 aromatic heterocycles. The zero-order valence-electron chi connectivity index (χ0n) is 12.7. The van der Waals surface area contributed by atoms with Crippen molar-refractivity contribution in [1.82, 2.24) is 0 Å². The van der Waals surface area contributed by atoms with Crippen LogP contribution in [0.3, 0.4) is 0 Å². The maximum absolute atomic E-state index is 6.11. The third kappa shape index (κ3) is 2.11. The summed E-state index contributed by atoms with van der Waals surface area (Å²) < 4.78 is 6.11. The van der Waals surface area contributed by atoms with Crippen molar-refractivity contribution in [2.24, 2.45) is 0 Å². The number of aryl methyl sites for hydroxylation is 2. The van der Waals surface area contributed by atoms with Gasteiger partial charge in [0.25, 0.3) is 0 Å². The van der Waals surface area contributed by atoms with Crippen LogP contribution in [-0.4, -0.2) is 0 Å². The number of ether oxygens (including phenoxy) is 1. The summed E-state index contributed by atoms with van der Waals surface area (Å²) in [5, 5.41) is 0. The zero-order chi connectivity index (χ0) is 15.1. The fourth-order valence-electron chi connectivity index (χ4n) is 2.81. The van der Waals surface area contributed by atoms with E-state index in [0.717, 1.165) is 11.5 Å². The normalized spacial score (nSPS) is 13.2. The molecular formula is C20H17OS+. The van der Waals surface area contributed by atoms with Crippen molar-refractivity contribution in [3.05, 3.63) is 77.9 Å². The summed E-state index contributed by atoms with van der Waals surface area (Å²) in [6.07, 6.45) is 0. The van der Waals surface area contributed by atoms with Gasteiger partial charge in [-0.15, -0.1) is 0 Å². The second-order valence-electron chi connectivity index (χ2n) is 5.57. The minimum Gasteiger partial charge on any atom is -0.447 e. The van der Waals surface area contributed by atoms with E-state index in [-0.39, 0.29) is 10.9 Å². The standard InChI is InChI=1S/C20H17OS/c1-14-11-12-15(2)20(13-14)22-18-9-5-3-7-16(18)21-17-8-4-6-10-19(17)22/h3-13H,1-2H3/q+1. The van der Waals surface area contributed by atoms with Crippen molar-refractivity contribution < 1.29 is 4.74 Å². The zero-order valence-corrected chi connectivity index (χ0v) is 13.5. The Bertz CT molecular complexity index is 808. The molecular weight excluding hydrogens is 288 g/mol. The largest absolute Gasteiger partial charge is 0.447 e. The Kier molecular flexibility index (Phi) is 3.20. The fourth-order valence-corrected chi connectivity index (χ4v) is 5.26. The Labute approximate surface area is 133 Å². The minimum atomic E-state index is -0.105. The van der Waals surface area contributed by atoms with Gasteiger partial charge in [-0.1, -0.05) is 36.4 Å². The molecule has 2 heteroatoms. The number of rotatable bonds is 1. The van der Waals surface area contributed by atoms with Crippen LogP contribution < -0.4 is 4.74 Å². The molecule has 1 aliphatic rings. The Balaban J connectivity index is 2.01. The Hall–Kier alpha value is -2.19. The summed E-state index contributed by atoms with van der Waals surface area (Å²) in [6.45, 7) is 4.35. The van der Waals surface area contributed by atoms with Crippen molar-refractivity contribution in [3.8, 4) is 11.5 Å². The van der Waals surface area contributed by atoms with Gasteiger partial charge < -0.3 is 4.74 Å². The summed E-state index contributed by atoms with van der Waals surface area (Å²) in [4.78, 5) is 3.94. The third-order valence-electron chi connectivity index (χ3n) is 3.92. The molecule has 0 unspecified atom stereocenters. The van der Waals surface area contributed by atoms with Gasteiger partial charge in [-0.25, -0.2) is 0 Å². The first kappa shape index (κ1) is 13.5. The molecule has 0 radical (unpaired) electrons. The quantitative estimate of drug-likeness (QED) is 0.422. The molecule has 1 nitrogen and oxygen atoms in total. The second kappa shape index (κ2) is 5.22. The molecule has 0 bridgehead atoms. The summed E-state index contributed by atoms with van der Waals surface area (Å²) >= 11 is 0. The van der Waals surface area contributed by atoms with Crippen LogP contribution in [0.2, 0.25) is 0 Å². The molecule has 3 aromatic carbocycles. The van der Waals surface area contributed by atoms with Crippen molar-refractivity contribution in [2.75, 3.05) is 0 Å². The van der Waals surface area contributed by atoms with Gasteiger partial charge in [-0.05, 0) is 49.7 Å². The number of hydrogen-bond donors (Lipinski definition) is 0. The van der Waals surface area contributed by atoms with E-state index in [9.17, 15) is 0 Å². The Morgan fingerprint density at radius 1 is 0.682 bits per heavy atom. The average molecular weight is 305 g/mol. The molecule has 0 N–H and O–H groups in total. The van der Waals surface area contributed by atoms with Crippen molar-refractivity contribution in [2.45, 2.75) is 28.5 Å². The highest BCUT2D eigenvalue weighted by Crippen LogP contribution is 2.47. The Morgan fingerprint density at radius 3 is 1.91 bits per heavy atom. The average Bonchev–Trinajstić information content (AvgIpc) is 2.55. The molecule has 0 amide bonds. The number of fused-ring (bicyclic) bond motifs is 2. The molecule has 22 heavy (non-hydrogen) atoms. The molecule has 108 valence electrons. The number of benzene rings is 3. The molecule has 1 aliphatic heterocycles. The third-order valence-corrected chi connectivity index (χ3v) is 6.36. The molecule has 0 aliphatic carbocycles. The van der Waals surface area contributed by atoms with E-state index in [2.05, 4.69) is 68.4 Å². The van der Waals surface area contributed by atoms with Gasteiger partial charge in [-0.3, -0.25) is 0 Å². The van der Waals surface area contributed by atoms with E-state index < -0.39 is 0 Å². The van der Waals surface area contributed by atoms with Crippen molar-refractivity contribution in [3.63, 3.8) is 0 Å². The lowest BCUT2D eigenvalue weighted by atomic mass is 10.2. The van der Waals surface area contributed by atoms with Gasteiger partial charge in [0.2, 0.25) is 9.79 Å². The van der Waals surface area contributed by atoms with Crippen molar-refractivity contribution >= 4 is 10.9 Å². The van der Waals surface area contributed by atoms with Crippen LogP contribution in [0.25, 0.3) is 0 Å². The molecule has 1 heterocycles. The highest BCUT2D eigenvalue weighted by atomic mass is 32.2. The summed E-state index contributed by atoms with van der Waals surface area (Å²) in [6, 6.07) is 23.5. The van der Waals surface area contributed by atoms with E-state index in [1.54, 1.807) is 0 Å². The van der Waals surface area contributed by atoms with Gasteiger partial charge >= 0.3 is 0 Å². The monoisotopic (exact) mass is 305 g/mol. The van der Waals surface area contributed by atoms with E-state index in [1.807, 2.05) is 12.1 Å². The molecule has 0 saturated heterocycles. The topological polar surface area (TPSA) is 9.23 Å². The molecule has 0 atom stereocenters. The fraction of sp³-hybridized carbons (Fsp3) is 0.100. The van der Waals surface area contributed by atoms with E-state index in [1.165, 1.54) is 25.8 Å². The number of para-hydroxylation sites is 2. The highest BCUT2D eigenvalue weighted by Gasteiger charge is 2.39. The van der Waals surface area contributed by atoms with Crippen LogP contribution in [0.4, 0.5) is 0 Å². The van der Waals surface area contributed by atoms with Crippen LogP contribution in [0, 0.1) is 13.8 Å². The molecule has 0 fully saturated rings. The van der Waals surface area contributed by atoms with E-state index >= 15 is 0 Å². The lowest BCUT2D eigenvalue weighted by molar-refractivity contribution is 0.453. The molecule has 0 saturated carbocycles. The lowest BCUT2D eigenvalue weighted by Gasteiger charge is -2.20. The summed E-state index contributed by atoms with van der Waals surface area (Å²) in [7, 11) is -0.105. The van der Waals surface area contributed by atoms with Gasteiger partial charge in [0.15, 0.2) is 16.4 Å². The predicted molar refractivity (Wildman–Crippen MR) is 91.0 cm³/mol. The second-order valence-corrected chi connectivity index (χ2v) is 7.50.